The Bertz CT molecular complexity index is 930. The van der Waals surface area contributed by atoms with Gasteiger partial charge in [-0.05, 0) is 50.0 Å². The van der Waals surface area contributed by atoms with Gasteiger partial charge in [-0.2, -0.15) is 0 Å². The first-order valence-corrected chi connectivity index (χ1v) is 33.1. The molecule has 229 valence electrons. The predicted molar refractivity (Wildman–Crippen MR) is 198 cm³/mol. The third kappa shape index (κ3) is 5.69. The van der Waals surface area contributed by atoms with E-state index in [2.05, 4.69) is 169 Å². The molecule has 0 fully saturated rings. The van der Waals surface area contributed by atoms with Crippen LogP contribution in [0, 0.1) is 0 Å². The number of hydrogen-bond donors (Lipinski definition) is 0. The zero-order valence-electron chi connectivity index (χ0n) is 31.4. The summed E-state index contributed by atoms with van der Waals surface area (Å²) in [4.78, 5) is 0. The monoisotopic (exact) mass is 637 g/mol. The highest BCUT2D eigenvalue weighted by Gasteiger charge is 2.67. The van der Waals surface area contributed by atoms with Crippen LogP contribution in [0.15, 0.2) is 10.4 Å². The first-order valence-electron chi connectivity index (χ1n) is 16.1. The van der Waals surface area contributed by atoms with E-state index in [0.29, 0.717) is 30.2 Å². The van der Waals surface area contributed by atoms with Crippen molar-refractivity contribution in [3.8, 4) is 0 Å². The maximum absolute atomic E-state index is 2.99. The van der Waals surface area contributed by atoms with Gasteiger partial charge in [0.15, 0.2) is 0 Å². The average Bonchev–Trinajstić information content (AvgIpc) is 3.01. The third-order valence-corrected chi connectivity index (χ3v) is 107. The molecule has 1 aliphatic heterocycles. The second kappa shape index (κ2) is 10.9. The molecule has 0 aromatic rings. The highest BCUT2D eigenvalue weighted by Crippen LogP contribution is 2.61. The Morgan fingerprint density at radius 3 is 0.872 bits per heavy atom. The lowest BCUT2D eigenvalue weighted by Crippen LogP contribution is -2.76. The minimum Gasteiger partial charge on any atom is -0.0874 e. The largest absolute Gasteiger partial charge is 0.0874 e. The van der Waals surface area contributed by atoms with Gasteiger partial charge in [-0.3, -0.25) is 0 Å². The van der Waals surface area contributed by atoms with Gasteiger partial charge in [0.2, 0.25) is 0 Å². The van der Waals surface area contributed by atoms with E-state index in [1.807, 2.05) is 0 Å². The quantitative estimate of drug-likeness (QED) is 0.263. The molecule has 6 heteroatoms. The Labute approximate surface area is 255 Å². The van der Waals surface area contributed by atoms with Gasteiger partial charge < -0.3 is 0 Å². The zero-order valence-corrected chi connectivity index (χ0v) is 37.4. The first kappa shape index (κ1) is 38.1. The third-order valence-electron chi connectivity index (χ3n) is 12.7. The van der Waals surface area contributed by atoms with Gasteiger partial charge in [-0.1, -0.05) is 169 Å². The first-order chi connectivity index (χ1) is 16.8. The second-order valence-corrected chi connectivity index (χ2v) is 65.9. The SMILES string of the molecule is CCC1=C(CC)[Si]([Si](C)(C(C)(C)C)C(C)(C)C)=[Si]([Si](C)(C(C)(C)C)C(C)(C)C)[Si]1[Si](C)(C(C)(C)C)C(C)(C)C. The molecule has 0 unspecified atom stereocenters. The zero-order chi connectivity index (χ0) is 31.8. The Morgan fingerprint density at radius 1 is 0.410 bits per heavy atom. The van der Waals surface area contributed by atoms with Crippen molar-refractivity contribution in [3.63, 3.8) is 0 Å². The van der Waals surface area contributed by atoms with Crippen LogP contribution in [0.2, 0.25) is 49.9 Å². The van der Waals surface area contributed by atoms with Crippen molar-refractivity contribution in [1.29, 1.82) is 0 Å². The van der Waals surface area contributed by atoms with Crippen molar-refractivity contribution >= 4 is 44.9 Å². The van der Waals surface area contributed by atoms with Crippen LogP contribution in [-0.4, -0.2) is 44.9 Å². The van der Waals surface area contributed by atoms with E-state index in [1.165, 1.54) is 12.8 Å². The fourth-order valence-corrected chi connectivity index (χ4v) is 161. The van der Waals surface area contributed by atoms with E-state index in [4.69, 9.17) is 0 Å². The Balaban J connectivity index is 4.96. The molecular weight excluding hydrogens is 565 g/mol. The van der Waals surface area contributed by atoms with Crippen LogP contribution in [-0.2, 0) is 0 Å². The summed E-state index contributed by atoms with van der Waals surface area (Å²) in [6.07, 6.45) is 2.68. The lowest BCUT2D eigenvalue weighted by atomic mass is 10.2. The van der Waals surface area contributed by atoms with Crippen LogP contribution >= 0.6 is 0 Å². The molecule has 0 saturated heterocycles. The van der Waals surface area contributed by atoms with Crippen molar-refractivity contribution in [2.75, 3.05) is 0 Å². The maximum atomic E-state index is 2.99. The molecular formula is C33H73Si6. The molecule has 0 aromatic carbocycles. The molecule has 0 aromatic heterocycles. The summed E-state index contributed by atoms with van der Waals surface area (Å²) in [5.74, 6) is 0. The van der Waals surface area contributed by atoms with Crippen molar-refractivity contribution in [1.82, 2.24) is 0 Å². The van der Waals surface area contributed by atoms with Crippen molar-refractivity contribution in [3.05, 3.63) is 10.4 Å². The van der Waals surface area contributed by atoms with Crippen LogP contribution in [0.25, 0.3) is 0 Å². The normalized spacial score (nSPS) is 18.5. The Hall–Kier alpha value is 1.04. The molecule has 1 heterocycles. The van der Waals surface area contributed by atoms with Gasteiger partial charge >= 0.3 is 0 Å². The van der Waals surface area contributed by atoms with E-state index < -0.39 is 44.9 Å². The summed E-state index contributed by atoms with van der Waals surface area (Å²) in [5, 5.41) is 6.76. The van der Waals surface area contributed by atoms with Crippen molar-refractivity contribution in [2.24, 2.45) is 0 Å². The number of allylic oxidation sites excluding steroid dienone is 2. The number of rotatable bonds is 5. The molecule has 39 heavy (non-hydrogen) atoms. The molecule has 0 bridgehead atoms. The Kier molecular flexibility index (Phi) is 10.6. The second-order valence-electron chi connectivity index (χ2n) is 19.7. The van der Waals surface area contributed by atoms with Gasteiger partial charge in [0.05, 0.1) is 30.6 Å². The molecule has 0 spiro atoms. The van der Waals surface area contributed by atoms with E-state index in [1.54, 1.807) is 0 Å². The molecule has 0 aliphatic carbocycles. The van der Waals surface area contributed by atoms with Gasteiger partial charge in [0, 0.05) is 7.41 Å². The summed E-state index contributed by atoms with van der Waals surface area (Å²) in [6, 6.07) is 0. The van der Waals surface area contributed by atoms with Crippen LogP contribution in [0.3, 0.4) is 0 Å². The molecule has 0 nitrogen and oxygen atoms in total. The lowest BCUT2D eigenvalue weighted by Gasteiger charge is -2.61. The van der Waals surface area contributed by atoms with Crippen LogP contribution < -0.4 is 0 Å². The van der Waals surface area contributed by atoms with Gasteiger partial charge in [0.1, 0.15) is 0 Å². The summed E-state index contributed by atoms with van der Waals surface area (Å²) in [7, 11) is -6.62. The maximum Gasteiger partial charge on any atom is 0.0763 e. The van der Waals surface area contributed by atoms with Crippen LogP contribution in [0.4, 0.5) is 0 Å². The molecule has 1 aliphatic rings. The predicted octanol–water partition coefficient (Wildman–Crippen LogP) is 12.1. The summed E-state index contributed by atoms with van der Waals surface area (Å²) >= 11 is 0. The average molecular weight is 638 g/mol. The topological polar surface area (TPSA) is 0 Å². The molecule has 0 saturated carbocycles. The fourth-order valence-electron chi connectivity index (χ4n) is 8.74. The summed E-state index contributed by atoms with van der Waals surface area (Å²) < 4.78 is 0. The standard InChI is InChI=1S/C33H73Si6/c1-24-26-27(25-2)35(38(22,30(9,10)11)31(12,13)14)36(39(23,32(15,16)17)33(18,19)20)34(26)37(21,28(3,4)5)29(6,7)8/h24-25H2,1-23H3. The fraction of sp³-hybridized carbons (Fsp3) is 0.939. The smallest absolute Gasteiger partial charge is 0.0763 e. The highest BCUT2D eigenvalue weighted by molar-refractivity contribution is 7.84. The van der Waals surface area contributed by atoms with E-state index in [0.717, 1.165) is 0 Å². The van der Waals surface area contributed by atoms with Gasteiger partial charge in [0.25, 0.3) is 0 Å². The lowest BCUT2D eigenvalue weighted by molar-refractivity contribution is 0.633. The highest BCUT2D eigenvalue weighted by atomic mass is 29.9. The van der Waals surface area contributed by atoms with E-state index >= 15 is 0 Å². The van der Waals surface area contributed by atoms with Crippen LogP contribution in [0.5, 0.6) is 0 Å². The van der Waals surface area contributed by atoms with Crippen LogP contribution in [0.1, 0.15) is 151 Å². The molecule has 1 radical (unpaired) electrons. The molecule has 0 amide bonds. The molecule has 0 N–H and O–H groups in total. The Morgan fingerprint density at radius 2 is 0.667 bits per heavy atom. The number of hydrogen-bond acceptors (Lipinski definition) is 0. The minimum atomic E-state index is -1.78. The van der Waals surface area contributed by atoms with Crippen molar-refractivity contribution < 1.29 is 0 Å². The van der Waals surface area contributed by atoms with Gasteiger partial charge in [-0.25, -0.2) is 0 Å². The van der Waals surface area contributed by atoms with Crippen molar-refractivity contribution in [2.45, 2.75) is 201 Å². The van der Waals surface area contributed by atoms with E-state index in [9.17, 15) is 0 Å². The molecule has 1 rings (SSSR count). The van der Waals surface area contributed by atoms with Gasteiger partial charge in [-0.15, -0.1) is 0 Å². The van der Waals surface area contributed by atoms with E-state index in [-0.39, 0.29) is 0 Å². The molecule has 0 atom stereocenters. The minimum absolute atomic E-state index is 0.415. The summed E-state index contributed by atoms with van der Waals surface area (Å²) in [6.45, 7) is 61.9. The summed E-state index contributed by atoms with van der Waals surface area (Å²) in [5.41, 5.74) is 0.